The number of likely N-dealkylation sites (tertiary alicyclic amines) is 1. The van der Waals surface area contributed by atoms with Crippen LogP contribution >= 0.6 is 0 Å². The summed E-state index contributed by atoms with van der Waals surface area (Å²) in [5, 5.41) is 0. The van der Waals surface area contributed by atoms with Gasteiger partial charge in [0.05, 0.1) is 6.67 Å². The second-order valence-corrected chi connectivity index (χ2v) is 8.63. The molecule has 0 radical (unpaired) electrons. The van der Waals surface area contributed by atoms with Gasteiger partial charge >= 0.3 is 6.09 Å². The highest BCUT2D eigenvalue weighted by Crippen LogP contribution is 2.39. The normalized spacial score (nSPS) is 23.1. The van der Waals surface area contributed by atoms with Gasteiger partial charge in [0.15, 0.2) is 0 Å². The third-order valence-electron chi connectivity index (χ3n) is 5.42. The Bertz CT molecular complexity index is 756. The van der Waals surface area contributed by atoms with Crippen molar-refractivity contribution in [3.63, 3.8) is 0 Å². The van der Waals surface area contributed by atoms with E-state index in [2.05, 4.69) is 4.90 Å². The predicted octanol–water partition coefficient (Wildman–Crippen LogP) is 2.89. The second-order valence-electron chi connectivity index (χ2n) is 8.63. The molecule has 1 aromatic carbocycles. The van der Waals surface area contributed by atoms with E-state index in [0.29, 0.717) is 38.2 Å². The smallest absolute Gasteiger partial charge is 0.410 e. The first kappa shape index (κ1) is 20.2. The van der Waals surface area contributed by atoms with Crippen LogP contribution in [0.25, 0.3) is 0 Å². The van der Waals surface area contributed by atoms with Crippen molar-refractivity contribution in [1.29, 1.82) is 0 Å². The van der Waals surface area contributed by atoms with Crippen LogP contribution in [0.3, 0.4) is 0 Å². The standard InChI is InChI=1S/C21H29N3O4/c1-20(2,3)28-19(27)23-12-5-10-21(11-13-23)18(26)22(4)15-24(21)17-8-6-16(14-25)7-9-17/h6-9,14H,5,10-13,15H2,1-4H3. The highest BCUT2D eigenvalue weighted by molar-refractivity contribution is 5.93. The van der Waals surface area contributed by atoms with Crippen molar-refractivity contribution >= 4 is 24.0 Å². The summed E-state index contributed by atoms with van der Waals surface area (Å²) in [6.07, 6.45) is 2.42. The summed E-state index contributed by atoms with van der Waals surface area (Å²) in [6, 6.07) is 7.30. The molecule has 2 saturated heterocycles. The summed E-state index contributed by atoms with van der Waals surface area (Å²) in [6.45, 7) is 7.09. The lowest BCUT2D eigenvalue weighted by Crippen LogP contribution is -2.50. The highest BCUT2D eigenvalue weighted by Gasteiger charge is 2.52. The largest absolute Gasteiger partial charge is 0.444 e. The molecular weight excluding hydrogens is 358 g/mol. The zero-order valence-corrected chi connectivity index (χ0v) is 17.1. The monoisotopic (exact) mass is 387 g/mol. The molecule has 152 valence electrons. The maximum absolute atomic E-state index is 13.1. The van der Waals surface area contributed by atoms with Gasteiger partial charge < -0.3 is 19.4 Å². The van der Waals surface area contributed by atoms with Crippen molar-refractivity contribution in [3.8, 4) is 0 Å². The summed E-state index contributed by atoms with van der Waals surface area (Å²) in [4.78, 5) is 42.2. The summed E-state index contributed by atoms with van der Waals surface area (Å²) in [5.41, 5.74) is 0.299. The number of carbonyl (C=O) groups is 3. The van der Waals surface area contributed by atoms with E-state index < -0.39 is 11.1 Å². The Labute approximate surface area is 166 Å². The van der Waals surface area contributed by atoms with Crippen molar-refractivity contribution in [1.82, 2.24) is 9.80 Å². The Kier molecular flexibility index (Phi) is 5.37. The molecule has 2 amide bonds. The quantitative estimate of drug-likeness (QED) is 0.730. The number of hydrogen-bond donors (Lipinski definition) is 0. The molecule has 2 heterocycles. The molecule has 0 N–H and O–H groups in total. The zero-order valence-electron chi connectivity index (χ0n) is 17.1. The van der Waals surface area contributed by atoms with Crippen molar-refractivity contribution in [2.24, 2.45) is 0 Å². The minimum atomic E-state index is -0.672. The number of hydrogen-bond acceptors (Lipinski definition) is 5. The first-order chi connectivity index (χ1) is 13.2. The fourth-order valence-corrected chi connectivity index (χ4v) is 4.06. The summed E-state index contributed by atoms with van der Waals surface area (Å²) >= 11 is 0. The minimum Gasteiger partial charge on any atom is -0.444 e. The van der Waals surface area contributed by atoms with E-state index in [1.807, 2.05) is 32.9 Å². The molecule has 7 nitrogen and oxygen atoms in total. The third kappa shape index (κ3) is 3.84. The summed E-state index contributed by atoms with van der Waals surface area (Å²) in [7, 11) is 1.81. The fraction of sp³-hybridized carbons (Fsp3) is 0.571. The van der Waals surface area contributed by atoms with Gasteiger partial charge in [-0.25, -0.2) is 4.79 Å². The zero-order chi connectivity index (χ0) is 20.5. The lowest BCUT2D eigenvalue weighted by molar-refractivity contribution is -0.131. The number of rotatable bonds is 2. The van der Waals surface area contributed by atoms with Crippen LogP contribution in [0.5, 0.6) is 0 Å². The number of benzene rings is 1. The number of carbonyl (C=O) groups excluding carboxylic acids is 3. The van der Waals surface area contributed by atoms with Crippen LogP contribution < -0.4 is 4.90 Å². The summed E-state index contributed by atoms with van der Waals surface area (Å²) in [5.74, 6) is 0.0815. The summed E-state index contributed by atoms with van der Waals surface area (Å²) < 4.78 is 5.51. The van der Waals surface area contributed by atoms with E-state index in [1.165, 1.54) is 0 Å². The Balaban J connectivity index is 1.83. The SMILES string of the molecule is CN1CN(c2ccc(C=O)cc2)C2(CCCN(C(=O)OC(C)(C)C)CC2)C1=O. The third-order valence-corrected chi connectivity index (χ3v) is 5.42. The van der Waals surface area contributed by atoms with E-state index in [0.717, 1.165) is 18.4 Å². The first-order valence-electron chi connectivity index (χ1n) is 9.73. The molecule has 0 bridgehead atoms. The van der Waals surface area contributed by atoms with E-state index in [4.69, 9.17) is 4.74 Å². The van der Waals surface area contributed by atoms with Gasteiger partial charge in [-0.15, -0.1) is 0 Å². The van der Waals surface area contributed by atoms with Crippen LogP contribution in [0.15, 0.2) is 24.3 Å². The van der Waals surface area contributed by atoms with Crippen molar-refractivity contribution in [2.75, 3.05) is 31.7 Å². The average molecular weight is 387 g/mol. The Hall–Kier alpha value is -2.57. The van der Waals surface area contributed by atoms with Crippen molar-refractivity contribution in [3.05, 3.63) is 29.8 Å². The van der Waals surface area contributed by atoms with E-state index in [-0.39, 0.29) is 12.0 Å². The van der Waals surface area contributed by atoms with E-state index in [1.54, 1.807) is 29.0 Å². The first-order valence-corrected chi connectivity index (χ1v) is 9.73. The predicted molar refractivity (Wildman–Crippen MR) is 106 cm³/mol. The van der Waals surface area contributed by atoms with Crippen LogP contribution in [-0.2, 0) is 9.53 Å². The molecule has 7 heteroatoms. The van der Waals surface area contributed by atoms with Gasteiger partial charge in [-0.2, -0.15) is 0 Å². The number of aldehydes is 1. The lowest BCUT2D eigenvalue weighted by atomic mass is 9.88. The Morgan fingerprint density at radius 2 is 1.82 bits per heavy atom. The molecule has 1 aromatic rings. The van der Waals surface area contributed by atoms with Gasteiger partial charge in [-0.3, -0.25) is 9.59 Å². The topological polar surface area (TPSA) is 70.2 Å². The molecule has 28 heavy (non-hydrogen) atoms. The van der Waals surface area contributed by atoms with Gasteiger partial charge in [-0.05, 0) is 64.3 Å². The van der Waals surface area contributed by atoms with Gasteiger partial charge in [0.25, 0.3) is 0 Å². The fourth-order valence-electron chi connectivity index (χ4n) is 4.06. The number of ether oxygens (including phenoxy) is 1. The molecule has 2 fully saturated rings. The molecule has 2 aliphatic heterocycles. The van der Waals surface area contributed by atoms with Crippen LogP contribution in [0.4, 0.5) is 10.5 Å². The van der Waals surface area contributed by atoms with E-state index in [9.17, 15) is 14.4 Å². The van der Waals surface area contributed by atoms with Gasteiger partial charge in [0.1, 0.15) is 17.4 Å². The number of likely N-dealkylation sites (N-methyl/N-ethyl adjacent to an activating group) is 1. The maximum Gasteiger partial charge on any atom is 0.410 e. The number of nitrogens with zero attached hydrogens (tertiary/aromatic N) is 3. The number of amides is 2. The lowest BCUT2D eigenvalue weighted by Gasteiger charge is -2.36. The van der Waals surface area contributed by atoms with Crippen LogP contribution in [-0.4, -0.2) is 66.0 Å². The van der Waals surface area contributed by atoms with Crippen molar-refractivity contribution < 1.29 is 19.1 Å². The molecule has 2 aliphatic rings. The van der Waals surface area contributed by atoms with Crippen LogP contribution in [0.1, 0.15) is 50.4 Å². The molecular formula is C21H29N3O4. The second kappa shape index (κ2) is 7.45. The molecule has 1 unspecified atom stereocenters. The van der Waals surface area contributed by atoms with Gasteiger partial charge in [0, 0.05) is 31.4 Å². The minimum absolute atomic E-state index is 0.0815. The molecule has 3 rings (SSSR count). The van der Waals surface area contributed by atoms with Crippen LogP contribution in [0.2, 0.25) is 0 Å². The molecule has 0 aliphatic carbocycles. The maximum atomic E-state index is 13.1. The molecule has 1 spiro atoms. The van der Waals surface area contributed by atoms with Crippen LogP contribution in [0, 0.1) is 0 Å². The average Bonchev–Trinajstić information content (AvgIpc) is 2.80. The Morgan fingerprint density at radius 3 is 2.43 bits per heavy atom. The number of anilines is 1. The molecule has 0 aromatic heterocycles. The Morgan fingerprint density at radius 1 is 1.14 bits per heavy atom. The van der Waals surface area contributed by atoms with Crippen molar-refractivity contribution in [2.45, 2.75) is 51.2 Å². The highest BCUT2D eigenvalue weighted by atomic mass is 16.6. The van der Waals surface area contributed by atoms with E-state index >= 15 is 0 Å². The van der Waals surface area contributed by atoms with Gasteiger partial charge in [0.2, 0.25) is 5.91 Å². The molecule has 0 saturated carbocycles. The molecule has 1 atom stereocenters. The van der Waals surface area contributed by atoms with Gasteiger partial charge in [-0.1, -0.05) is 0 Å².